The standard InChI is InChI=1S/C13H15FN2O5/c1-21-13(18)11-5-9(17)7-15(11)6-8-3-2-4-10(12(8)14)16(19)20/h2-4,9,11,17H,5-7H2,1H3. The van der Waals surface area contributed by atoms with E-state index in [1.807, 2.05) is 0 Å². The molecule has 0 bridgehead atoms. The van der Waals surface area contributed by atoms with E-state index in [9.17, 15) is 24.4 Å². The van der Waals surface area contributed by atoms with Crippen molar-refractivity contribution in [3.63, 3.8) is 0 Å². The molecule has 0 aliphatic carbocycles. The number of esters is 1. The second-order valence-electron chi connectivity index (χ2n) is 4.87. The minimum Gasteiger partial charge on any atom is -0.468 e. The second kappa shape index (κ2) is 6.15. The summed E-state index contributed by atoms with van der Waals surface area (Å²) < 4.78 is 18.7. The number of aliphatic hydroxyl groups is 1. The lowest BCUT2D eigenvalue weighted by Crippen LogP contribution is -2.36. The van der Waals surface area contributed by atoms with Gasteiger partial charge in [-0.15, -0.1) is 0 Å². The number of carbonyl (C=O) groups is 1. The van der Waals surface area contributed by atoms with Crippen LogP contribution in [0.2, 0.25) is 0 Å². The molecular weight excluding hydrogens is 283 g/mol. The summed E-state index contributed by atoms with van der Waals surface area (Å²) in [6, 6.07) is 3.20. The summed E-state index contributed by atoms with van der Waals surface area (Å²) in [5.41, 5.74) is -0.505. The molecule has 0 radical (unpaired) electrons. The van der Waals surface area contributed by atoms with E-state index in [0.29, 0.717) is 0 Å². The van der Waals surface area contributed by atoms with Gasteiger partial charge in [0.15, 0.2) is 0 Å². The third-order valence-electron chi connectivity index (χ3n) is 3.48. The van der Waals surface area contributed by atoms with Crippen LogP contribution in [0.5, 0.6) is 0 Å². The van der Waals surface area contributed by atoms with Crippen molar-refractivity contribution >= 4 is 11.7 Å². The number of hydrogen-bond donors (Lipinski definition) is 1. The molecule has 1 aromatic carbocycles. The molecule has 1 heterocycles. The zero-order valence-corrected chi connectivity index (χ0v) is 11.4. The largest absolute Gasteiger partial charge is 0.468 e. The number of rotatable bonds is 4. The van der Waals surface area contributed by atoms with Gasteiger partial charge in [0.05, 0.1) is 18.1 Å². The number of aliphatic hydroxyl groups excluding tert-OH is 1. The Hall–Kier alpha value is -2.06. The Balaban J connectivity index is 2.23. The molecule has 1 aromatic rings. The summed E-state index contributed by atoms with van der Waals surface area (Å²) in [6.45, 7) is 0.173. The van der Waals surface area contributed by atoms with Gasteiger partial charge in [-0.1, -0.05) is 12.1 Å². The quantitative estimate of drug-likeness (QED) is 0.503. The molecule has 1 saturated heterocycles. The van der Waals surface area contributed by atoms with Crippen molar-refractivity contribution in [1.82, 2.24) is 4.90 Å². The molecule has 21 heavy (non-hydrogen) atoms. The minimum atomic E-state index is -0.924. The Kier molecular flexibility index (Phi) is 4.49. The van der Waals surface area contributed by atoms with Gasteiger partial charge in [0.1, 0.15) is 6.04 Å². The van der Waals surface area contributed by atoms with Gasteiger partial charge in [-0.25, -0.2) is 0 Å². The monoisotopic (exact) mass is 298 g/mol. The predicted octanol–water partition coefficient (Wildman–Crippen LogP) is 0.842. The first-order valence-corrected chi connectivity index (χ1v) is 6.35. The molecule has 1 N–H and O–H groups in total. The van der Waals surface area contributed by atoms with Crippen LogP contribution in [0.4, 0.5) is 10.1 Å². The molecule has 1 aliphatic heterocycles. The summed E-state index contributed by atoms with van der Waals surface area (Å²) in [6.07, 6.45) is -0.515. The Morgan fingerprint density at radius 3 is 2.95 bits per heavy atom. The zero-order chi connectivity index (χ0) is 15.6. The van der Waals surface area contributed by atoms with Crippen molar-refractivity contribution in [2.75, 3.05) is 13.7 Å². The number of methoxy groups -OCH3 is 1. The highest BCUT2D eigenvalue weighted by Crippen LogP contribution is 2.25. The second-order valence-corrected chi connectivity index (χ2v) is 4.87. The lowest BCUT2D eigenvalue weighted by atomic mass is 10.1. The van der Waals surface area contributed by atoms with Gasteiger partial charge < -0.3 is 9.84 Å². The van der Waals surface area contributed by atoms with E-state index in [4.69, 9.17) is 0 Å². The number of β-amino-alcohol motifs (C(OH)–C–C–N with tert-alkyl or cyclic N) is 1. The predicted molar refractivity (Wildman–Crippen MR) is 69.9 cm³/mol. The van der Waals surface area contributed by atoms with Crippen molar-refractivity contribution in [3.05, 3.63) is 39.7 Å². The fraction of sp³-hybridized carbons (Fsp3) is 0.462. The Labute approximate surface area is 120 Å². The summed E-state index contributed by atoms with van der Waals surface area (Å²) in [4.78, 5) is 23.1. The number of ether oxygens (including phenoxy) is 1. The van der Waals surface area contributed by atoms with Gasteiger partial charge in [0.25, 0.3) is 0 Å². The van der Waals surface area contributed by atoms with Crippen LogP contribution >= 0.6 is 0 Å². The highest BCUT2D eigenvalue weighted by Gasteiger charge is 2.37. The van der Waals surface area contributed by atoms with E-state index in [1.54, 1.807) is 4.90 Å². The van der Waals surface area contributed by atoms with Crippen molar-refractivity contribution in [2.24, 2.45) is 0 Å². The van der Waals surface area contributed by atoms with Gasteiger partial charge >= 0.3 is 11.7 Å². The van der Waals surface area contributed by atoms with Gasteiger partial charge in [0.2, 0.25) is 5.82 Å². The number of nitro groups is 1. The zero-order valence-electron chi connectivity index (χ0n) is 11.4. The molecule has 7 nitrogen and oxygen atoms in total. The van der Waals surface area contributed by atoms with Crippen LogP contribution in [-0.4, -0.2) is 46.7 Å². The van der Waals surface area contributed by atoms with Crippen LogP contribution in [0, 0.1) is 15.9 Å². The molecule has 0 spiro atoms. The average Bonchev–Trinajstić information content (AvgIpc) is 2.80. The Morgan fingerprint density at radius 2 is 2.33 bits per heavy atom. The van der Waals surface area contributed by atoms with Crippen molar-refractivity contribution in [3.8, 4) is 0 Å². The summed E-state index contributed by atoms with van der Waals surface area (Å²) in [5.74, 6) is -1.44. The van der Waals surface area contributed by atoms with Gasteiger partial charge in [-0.05, 0) is 0 Å². The van der Waals surface area contributed by atoms with Crippen molar-refractivity contribution < 1.29 is 24.0 Å². The molecule has 1 aliphatic rings. The van der Waals surface area contributed by atoms with Crippen molar-refractivity contribution in [2.45, 2.75) is 25.1 Å². The Bertz CT molecular complexity index is 565. The topological polar surface area (TPSA) is 92.9 Å². The van der Waals surface area contributed by atoms with Crippen LogP contribution in [0.1, 0.15) is 12.0 Å². The minimum absolute atomic E-state index is 0.00958. The van der Waals surface area contributed by atoms with E-state index >= 15 is 0 Å². The molecule has 0 aromatic heterocycles. The smallest absolute Gasteiger partial charge is 0.323 e. The molecular formula is C13H15FN2O5. The molecule has 2 unspecified atom stereocenters. The summed E-state index contributed by atoms with van der Waals surface area (Å²) in [5, 5.41) is 20.4. The number of likely N-dealkylation sites (tertiary alicyclic amines) is 1. The van der Waals surface area contributed by atoms with E-state index in [2.05, 4.69) is 4.74 Å². The van der Waals surface area contributed by atoms with Crippen LogP contribution < -0.4 is 0 Å². The number of carbonyl (C=O) groups excluding carboxylic acids is 1. The van der Waals surface area contributed by atoms with Crippen molar-refractivity contribution in [1.29, 1.82) is 0 Å². The fourth-order valence-electron chi connectivity index (χ4n) is 2.48. The van der Waals surface area contributed by atoms with E-state index in [1.165, 1.54) is 19.2 Å². The molecule has 0 saturated carbocycles. The lowest BCUT2D eigenvalue weighted by molar-refractivity contribution is -0.387. The Morgan fingerprint density at radius 1 is 1.62 bits per heavy atom. The van der Waals surface area contributed by atoms with Crippen LogP contribution in [-0.2, 0) is 16.1 Å². The molecule has 1 fully saturated rings. The maximum absolute atomic E-state index is 14.0. The number of nitrogens with zero attached hydrogens (tertiary/aromatic N) is 2. The highest BCUT2D eigenvalue weighted by molar-refractivity contribution is 5.76. The molecule has 0 amide bonds. The SMILES string of the molecule is COC(=O)C1CC(O)CN1Cc1cccc([N+](=O)[O-])c1F. The molecule has 2 atom stereocenters. The lowest BCUT2D eigenvalue weighted by Gasteiger charge is -2.22. The van der Waals surface area contributed by atoms with Crippen LogP contribution in [0.25, 0.3) is 0 Å². The highest BCUT2D eigenvalue weighted by atomic mass is 19.1. The summed E-state index contributed by atoms with van der Waals surface area (Å²) >= 11 is 0. The van der Waals surface area contributed by atoms with E-state index < -0.39 is 34.5 Å². The first-order chi connectivity index (χ1) is 9.93. The number of benzene rings is 1. The molecule has 2 rings (SSSR count). The normalized spacial score (nSPS) is 22.2. The van der Waals surface area contributed by atoms with Crippen LogP contribution in [0.15, 0.2) is 18.2 Å². The van der Waals surface area contributed by atoms with Crippen LogP contribution in [0.3, 0.4) is 0 Å². The number of hydrogen-bond acceptors (Lipinski definition) is 6. The molecule has 8 heteroatoms. The van der Waals surface area contributed by atoms with E-state index in [0.717, 1.165) is 6.07 Å². The fourth-order valence-corrected chi connectivity index (χ4v) is 2.48. The molecule has 114 valence electrons. The third-order valence-corrected chi connectivity index (χ3v) is 3.48. The number of nitro benzene ring substituents is 1. The van der Waals surface area contributed by atoms with Gasteiger partial charge in [-0.3, -0.25) is 19.8 Å². The first-order valence-electron chi connectivity index (χ1n) is 6.35. The van der Waals surface area contributed by atoms with Gasteiger partial charge in [-0.2, -0.15) is 4.39 Å². The average molecular weight is 298 g/mol. The third kappa shape index (κ3) is 3.17. The maximum atomic E-state index is 14.0. The number of halogens is 1. The summed E-state index contributed by atoms with van der Waals surface area (Å²) in [7, 11) is 1.24. The first kappa shape index (κ1) is 15.3. The van der Waals surface area contributed by atoms with E-state index in [-0.39, 0.29) is 25.1 Å². The van der Waals surface area contributed by atoms with Gasteiger partial charge in [0, 0.05) is 31.1 Å². The maximum Gasteiger partial charge on any atom is 0.323 e.